The first-order valence-electron chi connectivity index (χ1n) is 9.55. The Bertz CT molecular complexity index is 1100. The molecule has 0 fully saturated rings. The van der Waals surface area contributed by atoms with Gasteiger partial charge in [-0.3, -0.25) is 14.2 Å². The number of fused-ring (bicyclic) bond motifs is 1. The lowest BCUT2D eigenvalue weighted by Crippen LogP contribution is -2.49. The van der Waals surface area contributed by atoms with Crippen molar-refractivity contribution in [2.24, 2.45) is 5.41 Å². The van der Waals surface area contributed by atoms with Gasteiger partial charge in [0.1, 0.15) is 6.33 Å². The standard InChI is InChI=1S/C22H23N5O2/c1-15-4-6-16(7-5-15)19(28)11-26-12-22(2,3)13-27-20(29)10-18(25-21(26)27)17-8-9-23-14-24-17/h4-10,14H,11-13H2,1-3H3. The van der Waals surface area contributed by atoms with Crippen molar-refractivity contribution < 1.29 is 4.79 Å². The lowest BCUT2D eigenvalue weighted by molar-refractivity contribution is 0.0993. The summed E-state index contributed by atoms with van der Waals surface area (Å²) in [5, 5.41) is 0. The predicted molar refractivity (Wildman–Crippen MR) is 111 cm³/mol. The number of anilines is 1. The third kappa shape index (κ3) is 3.94. The minimum absolute atomic E-state index is 0.00376. The van der Waals surface area contributed by atoms with Gasteiger partial charge >= 0.3 is 0 Å². The topological polar surface area (TPSA) is 81.0 Å². The quantitative estimate of drug-likeness (QED) is 0.638. The Morgan fingerprint density at radius 2 is 1.86 bits per heavy atom. The van der Waals surface area contributed by atoms with Gasteiger partial charge in [-0.25, -0.2) is 15.0 Å². The molecule has 0 bridgehead atoms. The molecule has 0 N–H and O–H groups in total. The van der Waals surface area contributed by atoms with Crippen molar-refractivity contribution in [3.8, 4) is 11.4 Å². The van der Waals surface area contributed by atoms with Crippen LogP contribution in [0.15, 0.2) is 53.7 Å². The van der Waals surface area contributed by atoms with Crippen LogP contribution >= 0.6 is 0 Å². The molecule has 29 heavy (non-hydrogen) atoms. The van der Waals surface area contributed by atoms with Crippen molar-refractivity contribution in [1.82, 2.24) is 19.5 Å². The molecule has 3 aromatic rings. The van der Waals surface area contributed by atoms with E-state index in [1.54, 1.807) is 16.8 Å². The number of aryl methyl sites for hydroxylation is 1. The average molecular weight is 389 g/mol. The number of hydrogen-bond donors (Lipinski definition) is 0. The Hall–Kier alpha value is -3.35. The Balaban J connectivity index is 1.74. The first-order valence-corrected chi connectivity index (χ1v) is 9.55. The van der Waals surface area contributed by atoms with Crippen LogP contribution < -0.4 is 10.5 Å². The van der Waals surface area contributed by atoms with Crippen LogP contribution in [-0.2, 0) is 6.54 Å². The summed E-state index contributed by atoms with van der Waals surface area (Å²) in [4.78, 5) is 40.5. The molecule has 0 atom stereocenters. The van der Waals surface area contributed by atoms with E-state index in [2.05, 4.69) is 23.8 Å². The molecule has 3 heterocycles. The van der Waals surface area contributed by atoms with Gasteiger partial charge < -0.3 is 4.90 Å². The molecule has 0 saturated carbocycles. The number of carbonyl (C=O) groups excluding carboxylic acids is 1. The molecule has 0 spiro atoms. The lowest BCUT2D eigenvalue weighted by atomic mass is 9.90. The van der Waals surface area contributed by atoms with E-state index in [4.69, 9.17) is 4.98 Å². The zero-order valence-electron chi connectivity index (χ0n) is 16.8. The average Bonchev–Trinajstić information content (AvgIpc) is 2.69. The Morgan fingerprint density at radius 1 is 1.10 bits per heavy atom. The highest BCUT2D eigenvalue weighted by atomic mass is 16.1. The van der Waals surface area contributed by atoms with Gasteiger partial charge in [0.2, 0.25) is 5.95 Å². The summed E-state index contributed by atoms with van der Waals surface area (Å²) in [5.74, 6) is 0.502. The van der Waals surface area contributed by atoms with Crippen LogP contribution in [0.25, 0.3) is 11.4 Å². The molecule has 0 saturated heterocycles. The van der Waals surface area contributed by atoms with E-state index < -0.39 is 0 Å². The minimum Gasteiger partial charge on any atom is -0.334 e. The summed E-state index contributed by atoms with van der Waals surface area (Å²) in [6.45, 7) is 7.50. The molecule has 2 aromatic heterocycles. The SMILES string of the molecule is Cc1ccc(C(=O)CN2CC(C)(C)Cn3c2nc(-c2ccncn2)cc3=O)cc1. The van der Waals surface area contributed by atoms with E-state index in [-0.39, 0.29) is 23.3 Å². The molecular formula is C22H23N5O2. The van der Waals surface area contributed by atoms with Gasteiger partial charge in [-0.1, -0.05) is 43.7 Å². The third-order valence-electron chi connectivity index (χ3n) is 5.03. The zero-order valence-corrected chi connectivity index (χ0v) is 16.8. The highest BCUT2D eigenvalue weighted by Crippen LogP contribution is 2.30. The molecule has 148 valence electrons. The van der Waals surface area contributed by atoms with Crippen molar-refractivity contribution in [1.29, 1.82) is 0 Å². The second-order valence-corrected chi connectivity index (χ2v) is 8.27. The number of benzene rings is 1. The van der Waals surface area contributed by atoms with Crippen molar-refractivity contribution in [2.45, 2.75) is 27.3 Å². The number of aromatic nitrogens is 4. The van der Waals surface area contributed by atoms with E-state index in [1.807, 2.05) is 36.1 Å². The number of Topliss-reactive ketones (excluding diaryl/α,β-unsaturated/α-hetero) is 1. The number of ketones is 1. The van der Waals surface area contributed by atoms with Gasteiger partial charge in [0, 0.05) is 36.3 Å². The molecule has 0 unspecified atom stereocenters. The van der Waals surface area contributed by atoms with Gasteiger partial charge in [-0.05, 0) is 13.0 Å². The van der Waals surface area contributed by atoms with E-state index in [0.29, 0.717) is 36.0 Å². The van der Waals surface area contributed by atoms with Gasteiger partial charge in [-0.15, -0.1) is 0 Å². The maximum absolute atomic E-state index is 12.9. The molecule has 0 radical (unpaired) electrons. The fourth-order valence-electron chi connectivity index (χ4n) is 3.65. The van der Waals surface area contributed by atoms with Crippen LogP contribution in [0.2, 0.25) is 0 Å². The Kier molecular flexibility index (Phi) is 4.74. The maximum Gasteiger partial charge on any atom is 0.255 e. The highest BCUT2D eigenvalue weighted by Gasteiger charge is 2.33. The van der Waals surface area contributed by atoms with Crippen LogP contribution in [0.4, 0.5) is 5.95 Å². The zero-order chi connectivity index (χ0) is 20.6. The Morgan fingerprint density at radius 3 is 2.55 bits per heavy atom. The van der Waals surface area contributed by atoms with Gasteiger partial charge in [0.25, 0.3) is 5.56 Å². The fraction of sp³-hybridized carbons (Fsp3) is 0.318. The second-order valence-electron chi connectivity index (χ2n) is 8.27. The van der Waals surface area contributed by atoms with Crippen LogP contribution in [0.5, 0.6) is 0 Å². The smallest absolute Gasteiger partial charge is 0.255 e. The van der Waals surface area contributed by atoms with Gasteiger partial charge in [-0.2, -0.15) is 0 Å². The number of rotatable bonds is 4. The molecular weight excluding hydrogens is 366 g/mol. The van der Waals surface area contributed by atoms with Crippen molar-refractivity contribution in [3.05, 3.63) is 70.4 Å². The molecule has 1 aliphatic heterocycles. The minimum atomic E-state index is -0.164. The first kappa shape index (κ1) is 19.0. The Labute approximate surface area is 169 Å². The summed E-state index contributed by atoms with van der Waals surface area (Å²) < 4.78 is 1.65. The van der Waals surface area contributed by atoms with E-state index in [9.17, 15) is 9.59 Å². The molecule has 1 aliphatic rings. The van der Waals surface area contributed by atoms with Gasteiger partial charge in [0.05, 0.1) is 17.9 Å². The van der Waals surface area contributed by atoms with Crippen LogP contribution in [0.1, 0.15) is 29.8 Å². The van der Waals surface area contributed by atoms with Crippen molar-refractivity contribution >= 4 is 11.7 Å². The number of carbonyl (C=O) groups is 1. The monoisotopic (exact) mass is 389 g/mol. The van der Waals surface area contributed by atoms with Crippen LogP contribution in [-0.4, -0.2) is 38.4 Å². The number of nitrogens with zero attached hydrogens (tertiary/aromatic N) is 5. The molecule has 4 rings (SSSR count). The summed E-state index contributed by atoms with van der Waals surface area (Å²) >= 11 is 0. The molecule has 1 aromatic carbocycles. The summed E-state index contributed by atoms with van der Waals surface area (Å²) in [6.07, 6.45) is 3.04. The van der Waals surface area contributed by atoms with E-state index in [1.165, 1.54) is 12.4 Å². The summed E-state index contributed by atoms with van der Waals surface area (Å²) in [6, 6.07) is 10.7. The van der Waals surface area contributed by atoms with Crippen molar-refractivity contribution in [2.75, 3.05) is 18.0 Å². The maximum atomic E-state index is 12.9. The predicted octanol–water partition coefficient (Wildman–Crippen LogP) is 2.74. The van der Waals surface area contributed by atoms with Gasteiger partial charge in [0.15, 0.2) is 5.78 Å². The number of hydrogen-bond acceptors (Lipinski definition) is 6. The first-order chi connectivity index (χ1) is 13.8. The molecule has 7 nitrogen and oxygen atoms in total. The fourth-order valence-corrected chi connectivity index (χ4v) is 3.65. The summed E-state index contributed by atoms with van der Waals surface area (Å²) in [7, 11) is 0. The van der Waals surface area contributed by atoms with Crippen LogP contribution in [0.3, 0.4) is 0 Å². The lowest BCUT2D eigenvalue weighted by Gasteiger charge is -2.40. The highest BCUT2D eigenvalue weighted by molar-refractivity contribution is 5.99. The molecule has 7 heteroatoms. The van der Waals surface area contributed by atoms with E-state index in [0.717, 1.165) is 5.56 Å². The van der Waals surface area contributed by atoms with Crippen molar-refractivity contribution in [3.63, 3.8) is 0 Å². The largest absolute Gasteiger partial charge is 0.334 e. The van der Waals surface area contributed by atoms with Crippen LogP contribution in [0, 0.1) is 12.3 Å². The van der Waals surface area contributed by atoms with E-state index >= 15 is 0 Å². The second kappa shape index (κ2) is 7.24. The molecule has 0 aliphatic carbocycles. The normalized spacial score (nSPS) is 15.1. The third-order valence-corrected chi connectivity index (χ3v) is 5.03. The summed E-state index contributed by atoms with van der Waals surface area (Å²) in [5.41, 5.74) is 2.51. The molecule has 0 amide bonds.